The summed E-state index contributed by atoms with van der Waals surface area (Å²) in [5.41, 5.74) is 4.51. The van der Waals surface area contributed by atoms with Gasteiger partial charge in [-0.25, -0.2) is 0 Å². The molecule has 0 amide bonds. The second kappa shape index (κ2) is 7.86. The number of nitriles is 1. The van der Waals surface area contributed by atoms with E-state index in [1.807, 2.05) is 34.9 Å². The Morgan fingerprint density at radius 2 is 1.92 bits per heavy atom. The van der Waals surface area contributed by atoms with E-state index in [4.69, 9.17) is 5.26 Å². The first-order valence-corrected chi connectivity index (χ1v) is 8.98. The van der Waals surface area contributed by atoms with Crippen molar-refractivity contribution in [3.63, 3.8) is 0 Å². The molecule has 0 saturated carbocycles. The van der Waals surface area contributed by atoms with Gasteiger partial charge in [0.25, 0.3) is 0 Å². The summed E-state index contributed by atoms with van der Waals surface area (Å²) in [5, 5.41) is 21.6. The molecule has 1 N–H and O–H groups in total. The lowest BCUT2D eigenvalue weighted by Gasteiger charge is -2.12. The van der Waals surface area contributed by atoms with E-state index in [0.29, 0.717) is 12.3 Å². The van der Waals surface area contributed by atoms with Gasteiger partial charge in [-0.15, -0.1) is 10.2 Å². The van der Waals surface area contributed by atoms with Crippen LogP contribution in [-0.4, -0.2) is 20.5 Å². The molecular weight excluding hydrogens is 330 g/mol. The first kappa shape index (κ1) is 17.1. The maximum Gasteiger partial charge on any atom is 0.196 e. The number of aromatic nitrogens is 3. The zero-order chi connectivity index (χ0) is 17.6. The van der Waals surface area contributed by atoms with Gasteiger partial charge in [-0.05, 0) is 37.6 Å². The van der Waals surface area contributed by atoms with Gasteiger partial charge in [0.1, 0.15) is 0 Å². The van der Waals surface area contributed by atoms with Gasteiger partial charge in [-0.1, -0.05) is 47.7 Å². The number of para-hydroxylation sites is 1. The van der Waals surface area contributed by atoms with Crippen LogP contribution >= 0.6 is 11.8 Å². The standard InChI is InChI=1S/C19H19N5S/c1-14-8-9-17(15(2)12-14)21-13-18-22-23-19(25-11-10-20)24(18)16-6-4-3-5-7-16/h3-9,12,21H,11,13H2,1-2H3. The molecule has 0 fully saturated rings. The van der Waals surface area contributed by atoms with Crippen molar-refractivity contribution in [2.24, 2.45) is 0 Å². The smallest absolute Gasteiger partial charge is 0.196 e. The molecule has 0 unspecified atom stereocenters. The summed E-state index contributed by atoms with van der Waals surface area (Å²) < 4.78 is 2.00. The number of benzene rings is 2. The van der Waals surface area contributed by atoms with Gasteiger partial charge in [0.05, 0.1) is 18.4 Å². The maximum absolute atomic E-state index is 8.86. The molecule has 0 aliphatic heterocycles. The number of hydrogen-bond acceptors (Lipinski definition) is 5. The molecule has 1 aromatic heterocycles. The van der Waals surface area contributed by atoms with Crippen LogP contribution in [0.4, 0.5) is 5.69 Å². The molecule has 25 heavy (non-hydrogen) atoms. The number of thioether (sulfide) groups is 1. The van der Waals surface area contributed by atoms with Crippen molar-refractivity contribution in [3.05, 3.63) is 65.5 Å². The number of rotatable bonds is 6. The van der Waals surface area contributed by atoms with Crippen molar-refractivity contribution in [1.29, 1.82) is 5.26 Å². The van der Waals surface area contributed by atoms with Crippen molar-refractivity contribution >= 4 is 17.4 Å². The van der Waals surface area contributed by atoms with Gasteiger partial charge in [-0.2, -0.15) is 5.26 Å². The van der Waals surface area contributed by atoms with Crippen LogP contribution in [0.25, 0.3) is 5.69 Å². The third-order valence-corrected chi connectivity index (χ3v) is 4.60. The van der Waals surface area contributed by atoms with E-state index >= 15 is 0 Å². The summed E-state index contributed by atoms with van der Waals surface area (Å²) >= 11 is 1.39. The minimum Gasteiger partial charge on any atom is -0.378 e. The Morgan fingerprint density at radius 1 is 1.12 bits per heavy atom. The third-order valence-electron chi connectivity index (χ3n) is 3.80. The molecular formula is C19H19N5S. The lowest BCUT2D eigenvalue weighted by molar-refractivity contribution is 0.841. The van der Waals surface area contributed by atoms with E-state index in [9.17, 15) is 0 Å². The van der Waals surface area contributed by atoms with Crippen molar-refractivity contribution in [2.45, 2.75) is 25.5 Å². The van der Waals surface area contributed by atoms with E-state index in [1.165, 1.54) is 22.9 Å². The summed E-state index contributed by atoms with van der Waals surface area (Å²) in [6.07, 6.45) is 0. The molecule has 0 atom stereocenters. The molecule has 0 aliphatic carbocycles. The summed E-state index contributed by atoms with van der Waals surface area (Å²) in [4.78, 5) is 0. The maximum atomic E-state index is 8.86. The molecule has 5 nitrogen and oxygen atoms in total. The van der Waals surface area contributed by atoms with Gasteiger partial charge >= 0.3 is 0 Å². The van der Waals surface area contributed by atoms with Crippen molar-refractivity contribution in [3.8, 4) is 11.8 Å². The summed E-state index contributed by atoms with van der Waals surface area (Å²) in [6.45, 7) is 4.73. The number of anilines is 1. The molecule has 0 bridgehead atoms. The highest BCUT2D eigenvalue weighted by Gasteiger charge is 2.14. The first-order valence-electron chi connectivity index (χ1n) is 7.99. The van der Waals surface area contributed by atoms with E-state index in [-0.39, 0.29) is 0 Å². The SMILES string of the molecule is Cc1ccc(NCc2nnc(SCC#N)n2-c2ccccc2)c(C)c1. The van der Waals surface area contributed by atoms with Crippen molar-refractivity contribution in [1.82, 2.24) is 14.8 Å². The lowest BCUT2D eigenvalue weighted by atomic mass is 10.1. The van der Waals surface area contributed by atoms with E-state index < -0.39 is 0 Å². The summed E-state index contributed by atoms with van der Waals surface area (Å²) in [6, 6.07) is 18.4. The highest BCUT2D eigenvalue weighted by atomic mass is 32.2. The predicted molar refractivity (Wildman–Crippen MR) is 101 cm³/mol. The molecule has 1 heterocycles. The lowest BCUT2D eigenvalue weighted by Crippen LogP contribution is -2.09. The highest BCUT2D eigenvalue weighted by Crippen LogP contribution is 2.23. The Hall–Kier alpha value is -2.78. The van der Waals surface area contributed by atoms with Gasteiger partial charge in [0.15, 0.2) is 11.0 Å². The van der Waals surface area contributed by atoms with Crippen LogP contribution in [0.2, 0.25) is 0 Å². The third kappa shape index (κ3) is 4.01. The Bertz CT molecular complexity index is 896. The Kier molecular flexibility index (Phi) is 5.36. The summed E-state index contributed by atoms with van der Waals surface area (Å²) in [7, 11) is 0. The average Bonchev–Trinajstić information content (AvgIpc) is 3.02. The van der Waals surface area contributed by atoms with Gasteiger partial charge in [-0.3, -0.25) is 4.57 Å². The monoisotopic (exact) mass is 349 g/mol. The molecule has 6 heteroatoms. The molecule has 3 aromatic rings. The van der Waals surface area contributed by atoms with Crippen LogP contribution < -0.4 is 5.32 Å². The molecule has 0 radical (unpaired) electrons. The van der Waals surface area contributed by atoms with Crippen LogP contribution in [-0.2, 0) is 6.54 Å². The largest absolute Gasteiger partial charge is 0.378 e. The van der Waals surface area contributed by atoms with Crippen molar-refractivity contribution < 1.29 is 0 Å². The van der Waals surface area contributed by atoms with E-state index in [1.54, 1.807) is 0 Å². The minimum absolute atomic E-state index is 0.343. The predicted octanol–water partition coefficient (Wildman–Crippen LogP) is 4.11. The zero-order valence-electron chi connectivity index (χ0n) is 14.2. The molecule has 3 rings (SSSR count). The van der Waals surface area contributed by atoms with Crippen LogP contribution in [0, 0.1) is 25.2 Å². The van der Waals surface area contributed by atoms with E-state index in [0.717, 1.165) is 22.4 Å². The molecule has 0 aliphatic rings. The van der Waals surface area contributed by atoms with Crippen LogP contribution in [0.1, 0.15) is 17.0 Å². The number of nitrogens with zero attached hydrogens (tertiary/aromatic N) is 4. The molecule has 0 spiro atoms. The van der Waals surface area contributed by atoms with Crippen LogP contribution in [0.3, 0.4) is 0 Å². The average molecular weight is 349 g/mol. The fourth-order valence-electron chi connectivity index (χ4n) is 2.63. The second-order valence-electron chi connectivity index (χ2n) is 5.69. The summed E-state index contributed by atoms with van der Waals surface area (Å²) in [5.74, 6) is 1.15. The number of aryl methyl sites for hydroxylation is 2. The number of hydrogen-bond donors (Lipinski definition) is 1. The minimum atomic E-state index is 0.343. The number of nitrogens with one attached hydrogen (secondary N) is 1. The molecule has 0 saturated heterocycles. The Labute approximate surface area is 151 Å². The zero-order valence-corrected chi connectivity index (χ0v) is 15.0. The normalized spacial score (nSPS) is 10.4. The molecule has 126 valence electrons. The Balaban J connectivity index is 1.88. The quantitative estimate of drug-likeness (QED) is 0.678. The topological polar surface area (TPSA) is 66.5 Å². The van der Waals surface area contributed by atoms with E-state index in [2.05, 4.69) is 53.6 Å². The fourth-order valence-corrected chi connectivity index (χ4v) is 3.26. The Morgan fingerprint density at radius 3 is 2.64 bits per heavy atom. The fraction of sp³-hybridized carbons (Fsp3) is 0.211. The van der Waals surface area contributed by atoms with Crippen LogP contribution in [0.5, 0.6) is 0 Å². The van der Waals surface area contributed by atoms with Gasteiger partial charge < -0.3 is 5.32 Å². The van der Waals surface area contributed by atoms with Crippen LogP contribution in [0.15, 0.2) is 53.7 Å². The van der Waals surface area contributed by atoms with Gasteiger partial charge in [0.2, 0.25) is 0 Å². The highest BCUT2D eigenvalue weighted by molar-refractivity contribution is 7.99. The van der Waals surface area contributed by atoms with Crippen molar-refractivity contribution in [2.75, 3.05) is 11.1 Å². The second-order valence-corrected chi connectivity index (χ2v) is 6.63. The van der Waals surface area contributed by atoms with Gasteiger partial charge in [0, 0.05) is 11.4 Å². The first-order chi connectivity index (χ1) is 12.2. The molecule has 2 aromatic carbocycles.